The number of rotatable bonds is 10. The molecule has 0 bridgehead atoms. The van der Waals surface area contributed by atoms with Gasteiger partial charge in [-0.1, -0.05) is 6.58 Å². The van der Waals surface area contributed by atoms with Crippen LogP contribution >= 0.6 is 11.3 Å². The summed E-state index contributed by atoms with van der Waals surface area (Å²) in [6.45, 7) is 7.38. The molecule has 2 unspecified atom stereocenters. The van der Waals surface area contributed by atoms with Crippen LogP contribution in [0, 0.1) is 11.6 Å². The summed E-state index contributed by atoms with van der Waals surface area (Å²) in [5.41, 5.74) is 2.38. The van der Waals surface area contributed by atoms with Gasteiger partial charge in [0.2, 0.25) is 5.91 Å². The third kappa shape index (κ3) is 6.25. The largest absolute Gasteiger partial charge is 0.490 e. The van der Waals surface area contributed by atoms with E-state index >= 15 is 13.2 Å². The van der Waals surface area contributed by atoms with Crippen molar-refractivity contribution < 1.29 is 36.9 Å². The Balaban J connectivity index is 1.48. The summed E-state index contributed by atoms with van der Waals surface area (Å²) in [4.78, 5) is 25.3. The van der Waals surface area contributed by atoms with Crippen molar-refractivity contribution in [1.82, 2.24) is 29.5 Å². The Labute approximate surface area is 300 Å². The van der Waals surface area contributed by atoms with E-state index in [4.69, 9.17) is 19.6 Å². The van der Waals surface area contributed by atoms with Gasteiger partial charge in [-0.15, -0.1) is 11.3 Å². The van der Waals surface area contributed by atoms with Crippen LogP contribution in [0.4, 0.5) is 17.6 Å². The number of alkyl halides is 2. The van der Waals surface area contributed by atoms with Gasteiger partial charge in [-0.05, 0) is 49.1 Å². The average molecular weight is 737 g/mol. The van der Waals surface area contributed by atoms with E-state index in [9.17, 15) is 14.3 Å². The summed E-state index contributed by atoms with van der Waals surface area (Å²) in [5, 5.41) is 16.8. The summed E-state index contributed by atoms with van der Waals surface area (Å²) < 4.78 is 74.7. The molecule has 52 heavy (non-hydrogen) atoms. The number of amides is 1. The number of β-amino-alcohol motifs (C(OH)–C–C–N with tert-alkyl or cyclic N) is 1. The number of fused-ring (bicyclic) bond motifs is 3. The summed E-state index contributed by atoms with van der Waals surface area (Å²) in [7, 11) is 1.49. The molecule has 5 aromatic rings. The summed E-state index contributed by atoms with van der Waals surface area (Å²) >= 11 is 1.30. The molecule has 1 N–H and O–H groups in total. The predicted octanol–water partition coefficient (Wildman–Crippen LogP) is 6.74. The van der Waals surface area contributed by atoms with Crippen molar-refractivity contribution in [3.63, 3.8) is 0 Å². The molecule has 4 aromatic heterocycles. The van der Waals surface area contributed by atoms with Crippen molar-refractivity contribution >= 4 is 27.3 Å². The van der Waals surface area contributed by atoms with Crippen molar-refractivity contribution in [2.75, 3.05) is 46.6 Å². The maximum Gasteiger partial charge on any atom is 0.302 e. The Morgan fingerprint density at radius 2 is 1.96 bits per heavy atom. The van der Waals surface area contributed by atoms with Gasteiger partial charge in [0.25, 0.3) is 0 Å². The van der Waals surface area contributed by atoms with Gasteiger partial charge >= 0.3 is 5.92 Å². The molecule has 6 heterocycles. The highest BCUT2D eigenvalue weighted by atomic mass is 32.1. The molecule has 1 amide bonds. The second-order valence-corrected chi connectivity index (χ2v) is 13.9. The molecule has 10 nitrogen and oxygen atoms in total. The number of benzene rings is 1. The Morgan fingerprint density at radius 3 is 2.71 bits per heavy atom. The normalized spacial score (nSPS) is 18.3. The molecule has 15 heteroatoms. The standard InChI is InChI=1S/C37H36F4N6O4S/c1-5-30(49)46-17-20(2)47-28(21(46)3)15-27(44-47)34-32(31-26(39)13-24(38)14-29(31)51-10-9-50-4)35-25(6-11-52-35)33(43-34)22-12-23-18-45(7-8-48)19-37(40,41)36(23)42-16-22/h5-6,11-16,20-21,48H,1,7-10,17-19H2,2-4H3. The highest BCUT2D eigenvalue weighted by molar-refractivity contribution is 7.18. The molecule has 0 spiro atoms. The smallest absolute Gasteiger partial charge is 0.302 e. The summed E-state index contributed by atoms with van der Waals surface area (Å²) in [6, 6.07) is 6.49. The number of aliphatic hydroxyl groups excluding tert-OH is 1. The summed E-state index contributed by atoms with van der Waals surface area (Å²) in [6.07, 6.45) is 2.62. The first-order valence-electron chi connectivity index (χ1n) is 16.7. The van der Waals surface area contributed by atoms with Gasteiger partial charge in [-0.25, -0.2) is 13.8 Å². The van der Waals surface area contributed by atoms with Crippen LogP contribution in [0.3, 0.4) is 0 Å². The van der Waals surface area contributed by atoms with Crippen molar-refractivity contribution in [2.45, 2.75) is 38.4 Å². The lowest BCUT2D eigenvalue weighted by Gasteiger charge is -2.36. The van der Waals surface area contributed by atoms with E-state index in [2.05, 4.69) is 11.6 Å². The Morgan fingerprint density at radius 1 is 1.15 bits per heavy atom. The van der Waals surface area contributed by atoms with Crippen molar-refractivity contribution in [3.05, 3.63) is 83.1 Å². The molecule has 2 atom stereocenters. The summed E-state index contributed by atoms with van der Waals surface area (Å²) in [5.74, 6) is -5.24. The van der Waals surface area contributed by atoms with Gasteiger partial charge in [-0.2, -0.15) is 13.9 Å². The Hall–Kier alpha value is -4.70. The minimum absolute atomic E-state index is 0.0144. The zero-order chi connectivity index (χ0) is 36.9. The van der Waals surface area contributed by atoms with E-state index in [0.717, 1.165) is 12.1 Å². The third-order valence-corrected chi connectivity index (χ3v) is 10.4. The number of hydrogen-bond donors (Lipinski definition) is 1. The van der Waals surface area contributed by atoms with Crippen LogP contribution in [0.25, 0.3) is 43.9 Å². The number of halogens is 4. The van der Waals surface area contributed by atoms with Crippen LogP contribution < -0.4 is 4.74 Å². The maximum atomic E-state index is 16.2. The number of nitrogens with zero attached hydrogens (tertiary/aromatic N) is 6. The monoisotopic (exact) mass is 736 g/mol. The van der Waals surface area contributed by atoms with Crippen LogP contribution in [0.1, 0.15) is 42.9 Å². The molecule has 0 aliphatic carbocycles. The fraction of sp³-hybridized carbons (Fsp3) is 0.351. The third-order valence-electron chi connectivity index (χ3n) is 9.48. The lowest BCUT2D eigenvalue weighted by atomic mass is 9.95. The van der Waals surface area contributed by atoms with Crippen LogP contribution in [-0.2, 0) is 22.0 Å². The molecule has 2 aliphatic rings. The Bertz CT molecular complexity index is 2190. The average Bonchev–Trinajstić information content (AvgIpc) is 3.78. The van der Waals surface area contributed by atoms with E-state index < -0.39 is 24.1 Å². The van der Waals surface area contributed by atoms with Gasteiger partial charge in [0.1, 0.15) is 41.1 Å². The second kappa shape index (κ2) is 14.0. The van der Waals surface area contributed by atoms with E-state index in [1.807, 2.05) is 18.5 Å². The number of hydrogen-bond acceptors (Lipinski definition) is 9. The van der Waals surface area contributed by atoms with Gasteiger partial charge < -0.3 is 19.5 Å². The zero-order valence-corrected chi connectivity index (χ0v) is 29.5. The molecule has 0 saturated carbocycles. The first kappa shape index (κ1) is 35.7. The molecule has 2 aliphatic heterocycles. The lowest BCUT2D eigenvalue weighted by Crippen LogP contribution is -2.42. The van der Waals surface area contributed by atoms with Crippen molar-refractivity contribution in [3.8, 4) is 39.5 Å². The van der Waals surface area contributed by atoms with E-state index in [-0.39, 0.29) is 73.6 Å². The minimum Gasteiger partial charge on any atom is -0.490 e. The van der Waals surface area contributed by atoms with Gasteiger partial charge in [0, 0.05) is 66.3 Å². The van der Waals surface area contributed by atoms with Gasteiger partial charge in [0.05, 0.1) is 48.8 Å². The topological polar surface area (TPSA) is 106 Å². The molecule has 272 valence electrons. The number of carbonyl (C=O) groups excluding carboxylic acids is 1. The first-order chi connectivity index (χ1) is 24.9. The van der Waals surface area contributed by atoms with Crippen LogP contribution in [0.15, 0.2) is 54.6 Å². The predicted molar refractivity (Wildman–Crippen MR) is 188 cm³/mol. The van der Waals surface area contributed by atoms with Gasteiger partial charge in [0.15, 0.2) is 0 Å². The van der Waals surface area contributed by atoms with Crippen molar-refractivity contribution in [2.24, 2.45) is 0 Å². The van der Waals surface area contributed by atoms with E-state index in [1.165, 1.54) is 35.6 Å². The molecule has 0 radical (unpaired) electrons. The minimum atomic E-state index is -3.23. The quantitative estimate of drug-likeness (QED) is 0.0956. The number of aliphatic hydroxyl groups is 1. The molecule has 0 saturated heterocycles. The van der Waals surface area contributed by atoms with Crippen molar-refractivity contribution in [1.29, 1.82) is 0 Å². The molecular formula is C37H36F4N6O4S. The second-order valence-electron chi connectivity index (χ2n) is 12.9. The Kier molecular flexibility index (Phi) is 9.63. The number of thiophene rings is 1. The van der Waals surface area contributed by atoms with E-state index in [0.29, 0.717) is 50.4 Å². The molecular weight excluding hydrogens is 701 g/mol. The molecule has 1 aromatic carbocycles. The van der Waals surface area contributed by atoms with Crippen LogP contribution in [0.5, 0.6) is 5.75 Å². The highest BCUT2D eigenvalue weighted by Gasteiger charge is 2.42. The first-order valence-corrected chi connectivity index (χ1v) is 17.6. The number of aromatic nitrogens is 4. The number of pyridine rings is 2. The number of methoxy groups -OCH3 is 1. The van der Waals surface area contributed by atoms with Crippen LogP contribution in [0.2, 0.25) is 0 Å². The lowest BCUT2D eigenvalue weighted by molar-refractivity contribution is -0.129. The number of ether oxygens (including phenoxy) is 2. The van der Waals surface area contributed by atoms with Gasteiger partial charge in [-0.3, -0.25) is 19.4 Å². The zero-order valence-electron chi connectivity index (χ0n) is 28.7. The molecule has 0 fully saturated rings. The van der Waals surface area contributed by atoms with Crippen LogP contribution in [-0.4, -0.2) is 87.1 Å². The highest BCUT2D eigenvalue weighted by Crippen LogP contribution is 2.48. The van der Waals surface area contributed by atoms with E-state index in [1.54, 1.807) is 28.5 Å². The molecule has 7 rings (SSSR count). The SMILES string of the molecule is C=CC(=O)N1CC(C)n2nc(-c3nc(-c4cnc5c(c4)CN(CCO)CC5(F)F)c4ccsc4c3-c3c(F)cc(F)cc3OCCOC)cc2C1C. The fourth-order valence-corrected chi connectivity index (χ4v) is 8.06. The number of carbonyl (C=O) groups is 1. The fourth-order valence-electron chi connectivity index (χ4n) is 7.11. The maximum absolute atomic E-state index is 16.2.